The van der Waals surface area contributed by atoms with Crippen LogP contribution < -0.4 is 9.47 Å². The molecule has 0 saturated carbocycles. The fourth-order valence-corrected chi connectivity index (χ4v) is 1.91. The summed E-state index contributed by atoms with van der Waals surface area (Å²) in [6.45, 7) is 4.77. The Hall–Kier alpha value is -1.46. The van der Waals surface area contributed by atoms with E-state index in [4.69, 9.17) is 25.9 Å². The van der Waals surface area contributed by atoms with Gasteiger partial charge in [-0.3, -0.25) is 9.63 Å². The highest BCUT2D eigenvalue weighted by Crippen LogP contribution is 2.36. The molecule has 21 heavy (non-hydrogen) atoms. The number of methoxy groups -OCH3 is 1. The van der Waals surface area contributed by atoms with Crippen LogP contribution in [0, 0.1) is 5.92 Å². The molecule has 6 heteroatoms. The first-order valence-corrected chi connectivity index (χ1v) is 7.11. The van der Waals surface area contributed by atoms with Gasteiger partial charge in [0.25, 0.3) is 5.91 Å². The number of hydrogen-bond donors (Lipinski definition) is 0. The number of nitrogens with zero attached hydrogens (tertiary/aromatic N) is 1. The zero-order valence-corrected chi connectivity index (χ0v) is 13.9. The lowest BCUT2D eigenvalue weighted by Crippen LogP contribution is -2.25. The number of halogens is 1. The molecule has 0 radical (unpaired) electrons. The fourth-order valence-electron chi connectivity index (χ4n) is 1.64. The average molecular weight is 316 g/mol. The van der Waals surface area contributed by atoms with E-state index >= 15 is 0 Å². The van der Waals surface area contributed by atoms with Crippen molar-refractivity contribution in [1.82, 2.24) is 5.06 Å². The number of hydrogen-bond acceptors (Lipinski definition) is 4. The van der Waals surface area contributed by atoms with Crippen LogP contribution in [0.2, 0.25) is 5.02 Å². The van der Waals surface area contributed by atoms with Crippen LogP contribution in [0.15, 0.2) is 12.1 Å². The van der Waals surface area contributed by atoms with E-state index in [0.29, 0.717) is 34.6 Å². The van der Waals surface area contributed by atoms with Crippen LogP contribution in [0.3, 0.4) is 0 Å². The average Bonchev–Trinajstić information content (AvgIpc) is 2.46. The number of rotatable bonds is 7. The van der Waals surface area contributed by atoms with E-state index in [9.17, 15) is 4.79 Å². The largest absolute Gasteiger partial charge is 0.493 e. The molecule has 1 aromatic rings. The molecule has 0 bridgehead atoms. The van der Waals surface area contributed by atoms with Crippen LogP contribution in [-0.2, 0) is 4.84 Å². The van der Waals surface area contributed by atoms with Gasteiger partial charge in [-0.2, -0.15) is 0 Å². The number of amides is 1. The molecule has 5 nitrogen and oxygen atoms in total. The van der Waals surface area contributed by atoms with E-state index in [1.165, 1.54) is 21.3 Å². The normalized spacial score (nSPS) is 10.6. The number of ether oxygens (including phenoxy) is 2. The molecule has 0 saturated heterocycles. The summed E-state index contributed by atoms with van der Waals surface area (Å²) in [5.74, 6) is 1.10. The van der Waals surface area contributed by atoms with Crippen LogP contribution in [0.25, 0.3) is 0 Å². The second kappa shape index (κ2) is 8.10. The van der Waals surface area contributed by atoms with Gasteiger partial charge in [-0.25, -0.2) is 5.06 Å². The van der Waals surface area contributed by atoms with E-state index in [1.807, 2.05) is 0 Å². The molecule has 0 aromatic heterocycles. The Kier molecular flexibility index (Phi) is 6.78. The Balaban J connectivity index is 2.99. The van der Waals surface area contributed by atoms with Crippen LogP contribution in [0.5, 0.6) is 11.5 Å². The van der Waals surface area contributed by atoms with Crippen LogP contribution in [-0.4, -0.2) is 38.8 Å². The second-order valence-electron chi connectivity index (χ2n) is 5.01. The van der Waals surface area contributed by atoms with Gasteiger partial charge in [-0.15, -0.1) is 0 Å². The van der Waals surface area contributed by atoms with Gasteiger partial charge in [0.05, 0.1) is 25.8 Å². The Bertz CT molecular complexity index is 491. The van der Waals surface area contributed by atoms with Crippen molar-refractivity contribution in [3.05, 3.63) is 22.7 Å². The van der Waals surface area contributed by atoms with E-state index in [2.05, 4.69) is 13.8 Å². The first-order chi connectivity index (χ1) is 9.90. The topological polar surface area (TPSA) is 48.0 Å². The Labute approximate surface area is 130 Å². The van der Waals surface area contributed by atoms with Gasteiger partial charge in [0, 0.05) is 12.6 Å². The molecule has 0 heterocycles. The fraction of sp³-hybridized carbons (Fsp3) is 0.533. The van der Waals surface area contributed by atoms with Gasteiger partial charge in [0.1, 0.15) is 0 Å². The number of carbonyl (C=O) groups is 1. The second-order valence-corrected chi connectivity index (χ2v) is 5.41. The zero-order valence-electron chi connectivity index (χ0n) is 13.1. The molecule has 118 valence electrons. The molecular formula is C15H22ClNO4. The van der Waals surface area contributed by atoms with Crippen molar-refractivity contribution in [3.63, 3.8) is 0 Å². The van der Waals surface area contributed by atoms with Crippen LogP contribution in [0.1, 0.15) is 30.6 Å². The van der Waals surface area contributed by atoms with E-state index < -0.39 is 0 Å². The minimum Gasteiger partial charge on any atom is -0.493 e. The van der Waals surface area contributed by atoms with Gasteiger partial charge >= 0.3 is 0 Å². The van der Waals surface area contributed by atoms with Crippen molar-refractivity contribution in [3.8, 4) is 11.5 Å². The standard InChI is InChI=1S/C15H22ClNO4/c1-10(2)6-7-21-14-12(16)8-11(9-13(14)19-4)15(18)17(3)20-5/h8-10H,6-7H2,1-5H3. The molecule has 0 spiro atoms. The summed E-state index contributed by atoms with van der Waals surface area (Å²) in [6.07, 6.45) is 0.909. The summed E-state index contributed by atoms with van der Waals surface area (Å²) in [4.78, 5) is 16.9. The highest BCUT2D eigenvalue weighted by Gasteiger charge is 2.18. The highest BCUT2D eigenvalue weighted by molar-refractivity contribution is 6.32. The lowest BCUT2D eigenvalue weighted by atomic mass is 10.1. The summed E-state index contributed by atoms with van der Waals surface area (Å²) in [6, 6.07) is 3.14. The quantitative estimate of drug-likeness (QED) is 0.723. The summed E-state index contributed by atoms with van der Waals surface area (Å²) < 4.78 is 10.9. The maximum Gasteiger partial charge on any atom is 0.277 e. The van der Waals surface area contributed by atoms with Crippen molar-refractivity contribution in [2.75, 3.05) is 27.9 Å². The summed E-state index contributed by atoms with van der Waals surface area (Å²) in [5, 5.41) is 1.45. The zero-order chi connectivity index (χ0) is 16.0. The maximum atomic E-state index is 12.1. The molecule has 0 aliphatic heterocycles. The predicted molar refractivity (Wildman–Crippen MR) is 82.1 cm³/mol. The number of carbonyl (C=O) groups excluding carboxylic acids is 1. The smallest absolute Gasteiger partial charge is 0.277 e. The van der Waals surface area contributed by atoms with Crippen molar-refractivity contribution in [1.29, 1.82) is 0 Å². The third kappa shape index (κ3) is 4.79. The van der Waals surface area contributed by atoms with Gasteiger partial charge in [0.15, 0.2) is 11.5 Å². The number of hydroxylamine groups is 2. The lowest BCUT2D eigenvalue weighted by molar-refractivity contribution is -0.0757. The Morgan fingerprint density at radius 1 is 1.33 bits per heavy atom. The van der Waals surface area contributed by atoms with E-state index in [0.717, 1.165) is 11.5 Å². The summed E-state index contributed by atoms with van der Waals surface area (Å²) in [5.41, 5.74) is 0.373. The monoisotopic (exact) mass is 315 g/mol. The summed E-state index contributed by atoms with van der Waals surface area (Å²) >= 11 is 6.20. The molecule has 0 N–H and O–H groups in total. The first-order valence-electron chi connectivity index (χ1n) is 6.73. The molecule has 1 aromatic carbocycles. The minimum atomic E-state index is -0.313. The molecule has 0 unspecified atom stereocenters. The number of benzene rings is 1. The van der Waals surface area contributed by atoms with Crippen molar-refractivity contribution >= 4 is 17.5 Å². The van der Waals surface area contributed by atoms with Crippen molar-refractivity contribution in [2.45, 2.75) is 20.3 Å². The Morgan fingerprint density at radius 3 is 2.52 bits per heavy atom. The lowest BCUT2D eigenvalue weighted by Gasteiger charge is -2.17. The van der Waals surface area contributed by atoms with Crippen molar-refractivity contribution < 1.29 is 19.1 Å². The molecule has 1 rings (SSSR count). The SMILES string of the molecule is COc1cc(C(=O)N(C)OC)cc(Cl)c1OCCC(C)C. The van der Waals surface area contributed by atoms with Gasteiger partial charge in [0.2, 0.25) is 0 Å². The summed E-state index contributed by atoms with van der Waals surface area (Å²) in [7, 11) is 4.45. The Morgan fingerprint density at radius 2 is 2.00 bits per heavy atom. The van der Waals surface area contributed by atoms with Gasteiger partial charge in [-0.1, -0.05) is 25.4 Å². The van der Waals surface area contributed by atoms with Crippen LogP contribution in [0.4, 0.5) is 0 Å². The minimum absolute atomic E-state index is 0.313. The van der Waals surface area contributed by atoms with E-state index in [-0.39, 0.29) is 5.91 Å². The molecule has 0 aliphatic rings. The predicted octanol–water partition coefficient (Wildman–Crippen LogP) is 3.41. The molecule has 0 aliphatic carbocycles. The van der Waals surface area contributed by atoms with Crippen LogP contribution >= 0.6 is 11.6 Å². The molecule has 0 atom stereocenters. The molecule has 1 amide bonds. The maximum absolute atomic E-state index is 12.1. The van der Waals surface area contributed by atoms with Gasteiger partial charge < -0.3 is 9.47 Å². The first kappa shape index (κ1) is 17.6. The molecular weight excluding hydrogens is 294 g/mol. The third-order valence-corrected chi connectivity index (χ3v) is 3.26. The van der Waals surface area contributed by atoms with Gasteiger partial charge in [-0.05, 0) is 24.5 Å². The third-order valence-electron chi connectivity index (χ3n) is 2.98. The van der Waals surface area contributed by atoms with E-state index in [1.54, 1.807) is 12.1 Å². The van der Waals surface area contributed by atoms with Crippen molar-refractivity contribution in [2.24, 2.45) is 5.92 Å². The highest BCUT2D eigenvalue weighted by atomic mass is 35.5. The molecule has 0 fully saturated rings.